The average Bonchev–Trinajstić information content (AvgIpc) is 3.30. The number of nitrogens with one attached hydrogen (secondary N) is 1. The van der Waals surface area contributed by atoms with Gasteiger partial charge in [-0.05, 0) is 47.2 Å². The maximum atomic E-state index is 12.4. The van der Waals surface area contributed by atoms with Crippen LogP contribution in [0.4, 0.5) is 0 Å². The van der Waals surface area contributed by atoms with Crippen LogP contribution in [0.3, 0.4) is 0 Å². The van der Waals surface area contributed by atoms with Crippen LogP contribution in [0.1, 0.15) is 29.0 Å². The maximum absolute atomic E-state index is 12.4. The lowest BCUT2D eigenvalue weighted by atomic mass is 10.1. The Morgan fingerprint density at radius 1 is 1.15 bits per heavy atom. The van der Waals surface area contributed by atoms with E-state index < -0.39 is 0 Å². The van der Waals surface area contributed by atoms with Gasteiger partial charge in [0, 0.05) is 29.9 Å². The lowest BCUT2D eigenvalue weighted by Gasteiger charge is -2.08. The van der Waals surface area contributed by atoms with Gasteiger partial charge < -0.3 is 5.32 Å². The van der Waals surface area contributed by atoms with E-state index in [-0.39, 0.29) is 11.8 Å². The molecule has 0 radical (unpaired) electrons. The Bertz CT molecular complexity index is 907. The van der Waals surface area contributed by atoms with Crippen molar-refractivity contribution in [2.24, 2.45) is 5.92 Å². The minimum absolute atomic E-state index is 0.0562. The Kier molecular flexibility index (Phi) is 4.76. The second kappa shape index (κ2) is 7.34. The molecule has 1 amide bonds. The minimum atomic E-state index is 0.0562. The summed E-state index contributed by atoms with van der Waals surface area (Å²) in [5.41, 5.74) is 3.42. The summed E-state index contributed by atoms with van der Waals surface area (Å²) >= 11 is 6.04. The summed E-state index contributed by atoms with van der Waals surface area (Å²) in [5, 5.41) is 8.02. The van der Waals surface area contributed by atoms with Crippen molar-refractivity contribution in [1.29, 1.82) is 0 Å². The van der Waals surface area contributed by atoms with Crippen LogP contribution in [-0.2, 0) is 17.9 Å². The molecule has 2 aromatic carbocycles. The van der Waals surface area contributed by atoms with Crippen molar-refractivity contribution in [3.05, 3.63) is 88.7 Å². The van der Waals surface area contributed by atoms with E-state index in [0.717, 1.165) is 29.1 Å². The number of rotatable bonds is 6. The molecule has 26 heavy (non-hydrogen) atoms. The highest BCUT2D eigenvalue weighted by molar-refractivity contribution is 6.30. The van der Waals surface area contributed by atoms with Gasteiger partial charge in [0.05, 0.1) is 6.54 Å². The highest BCUT2D eigenvalue weighted by atomic mass is 35.5. The zero-order valence-electron chi connectivity index (χ0n) is 14.3. The predicted octanol–water partition coefficient (Wildman–Crippen LogP) is 4.00. The van der Waals surface area contributed by atoms with E-state index in [4.69, 9.17) is 11.6 Å². The van der Waals surface area contributed by atoms with Crippen LogP contribution in [-0.4, -0.2) is 15.7 Å². The molecule has 0 bridgehead atoms. The lowest BCUT2D eigenvalue weighted by molar-refractivity contribution is -0.122. The number of carbonyl (C=O) groups excluding carboxylic acids is 1. The van der Waals surface area contributed by atoms with Crippen LogP contribution in [0.15, 0.2) is 67.0 Å². The highest BCUT2D eigenvalue weighted by Crippen LogP contribution is 2.47. The monoisotopic (exact) mass is 365 g/mol. The molecule has 4 rings (SSSR count). The first-order chi connectivity index (χ1) is 12.7. The first-order valence-corrected chi connectivity index (χ1v) is 9.15. The molecule has 0 spiro atoms. The van der Waals surface area contributed by atoms with Gasteiger partial charge in [0.15, 0.2) is 0 Å². The SMILES string of the molecule is O=C(NCc1cccc(Cn2cccn2)c1)C1CC1c1cccc(Cl)c1. The number of amides is 1. The molecule has 1 aliphatic rings. The molecule has 0 aliphatic heterocycles. The predicted molar refractivity (Wildman–Crippen MR) is 102 cm³/mol. The fraction of sp³-hybridized carbons (Fsp3) is 0.238. The molecule has 2 unspecified atom stereocenters. The van der Waals surface area contributed by atoms with E-state index in [0.29, 0.717) is 12.5 Å². The van der Waals surface area contributed by atoms with Crippen molar-refractivity contribution in [3.8, 4) is 0 Å². The number of halogens is 1. The molecule has 4 nitrogen and oxygen atoms in total. The normalized spacial score (nSPS) is 18.5. The fourth-order valence-corrected chi connectivity index (χ4v) is 3.53. The average molecular weight is 366 g/mol. The van der Waals surface area contributed by atoms with Crippen LogP contribution in [0.25, 0.3) is 0 Å². The molecule has 1 fully saturated rings. The van der Waals surface area contributed by atoms with Crippen LogP contribution >= 0.6 is 11.6 Å². The summed E-state index contributed by atoms with van der Waals surface area (Å²) in [6, 6.07) is 18.0. The molecular weight excluding hydrogens is 346 g/mol. The lowest BCUT2D eigenvalue weighted by Crippen LogP contribution is -2.24. The van der Waals surface area contributed by atoms with Crippen LogP contribution in [0.5, 0.6) is 0 Å². The summed E-state index contributed by atoms with van der Waals surface area (Å²) in [5.74, 6) is 0.466. The molecule has 3 aromatic rings. The van der Waals surface area contributed by atoms with Crippen molar-refractivity contribution in [2.75, 3.05) is 0 Å². The van der Waals surface area contributed by atoms with Gasteiger partial charge in [0.1, 0.15) is 0 Å². The summed E-state index contributed by atoms with van der Waals surface area (Å²) in [6.45, 7) is 1.28. The van der Waals surface area contributed by atoms with Gasteiger partial charge in [-0.3, -0.25) is 9.48 Å². The van der Waals surface area contributed by atoms with E-state index >= 15 is 0 Å². The third-order valence-corrected chi connectivity index (χ3v) is 5.00. The standard InChI is InChI=1S/C21H20ClN3O/c22-18-7-2-6-17(11-18)19-12-20(19)21(26)23-13-15-4-1-5-16(10-15)14-25-9-3-8-24-25/h1-11,19-20H,12-14H2,(H,23,26). The van der Waals surface area contributed by atoms with Gasteiger partial charge in [-0.2, -0.15) is 5.10 Å². The summed E-state index contributed by atoms with van der Waals surface area (Å²) in [6.07, 6.45) is 4.61. The number of benzene rings is 2. The van der Waals surface area contributed by atoms with Gasteiger partial charge >= 0.3 is 0 Å². The Morgan fingerprint density at radius 2 is 2.00 bits per heavy atom. The van der Waals surface area contributed by atoms with E-state index in [1.807, 2.05) is 53.3 Å². The Balaban J connectivity index is 1.32. The molecule has 5 heteroatoms. The van der Waals surface area contributed by atoms with Crippen molar-refractivity contribution >= 4 is 17.5 Å². The molecule has 132 valence electrons. The first kappa shape index (κ1) is 16.9. The molecule has 1 N–H and O–H groups in total. The topological polar surface area (TPSA) is 46.9 Å². The Labute approximate surface area is 157 Å². The van der Waals surface area contributed by atoms with Gasteiger partial charge in [0.25, 0.3) is 0 Å². The van der Waals surface area contributed by atoms with E-state index in [1.165, 1.54) is 5.56 Å². The summed E-state index contributed by atoms with van der Waals surface area (Å²) in [4.78, 5) is 12.4. The van der Waals surface area contributed by atoms with Gasteiger partial charge in [-0.15, -0.1) is 0 Å². The smallest absolute Gasteiger partial charge is 0.224 e. The number of aromatic nitrogens is 2. The number of hydrogen-bond acceptors (Lipinski definition) is 2. The molecule has 1 saturated carbocycles. The van der Waals surface area contributed by atoms with Gasteiger partial charge in [-0.25, -0.2) is 0 Å². The number of hydrogen-bond donors (Lipinski definition) is 1. The van der Waals surface area contributed by atoms with Crippen molar-refractivity contribution in [3.63, 3.8) is 0 Å². The fourth-order valence-electron chi connectivity index (χ4n) is 3.33. The zero-order valence-corrected chi connectivity index (χ0v) is 15.1. The second-order valence-electron chi connectivity index (χ2n) is 6.75. The Hall–Kier alpha value is -2.59. The third kappa shape index (κ3) is 3.97. The summed E-state index contributed by atoms with van der Waals surface area (Å²) < 4.78 is 1.89. The van der Waals surface area contributed by atoms with Crippen molar-refractivity contribution in [2.45, 2.75) is 25.4 Å². The zero-order chi connectivity index (χ0) is 17.9. The highest BCUT2D eigenvalue weighted by Gasteiger charge is 2.43. The van der Waals surface area contributed by atoms with E-state index in [9.17, 15) is 4.79 Å². The third-order valence-electron chi connectivity index (χ3n) is 4.77. The Morgan fingerprint density at radius 3 is 2.81 bits per heavy atom. The maximum Gasteiger partial charge on any atom is 0.224 e. The molecular formula is C21H20ClN3O. The van der Waals surface area contributed by atoms with Crippen LogP contribution in [0, 0.1) is 5.92 Å². The van der Waals surface area contributed by atoms with Crippen LogP contribution < -0.4 is 5.32 Å². The van der Waals surface area contributed by atoms with Crippen molar-refractivity contribution < 1.29 is 4.79 Å². The number of nitrogens with zero attached hydrogens (tertiary/aromatic N) is 2. The molecule has 1 heterocycles. The largest absolute Gasteiger partial charge is 0.352 e. The van der Waals surface area contributed by atoms with E-state index in [1.54, 1.807) is 6.20 Å². The van der Waals surface area contributed by atoms with E-state index in [2.05, 4.69) is 22.5 Å². The molecule has 1 aliphatic carbocycles. The molecule has 0 saturated heterocycles. The molecule has 2 atom stereocenters. The second-order valence-corrected chi connectivity index (χ2v) is 7.18. The molecule has 1 aromatic heterocycles. The first-order valence-electron chi connectivity index (χ1n) is 8.77. The summed E-state index contributed by atoms with van der Waals surface area (Å²) in [7, 11) is 0. The minimum Gasteiger partial charge on any atom is -0.352 e. The van der Waals surface area contributed by atoms with Crippen LogP contribution in [0.2, 0.25) is 5.02 Å². The number of carbonyl (C=O) groups is 1. The quantitative estimate of drug-likeness (QED) is 0.717. The van der Waals surface area contributed by atoms with Crippen molar-refractivity contribution in [1.82, 2.24) is 15.1 Å². The van der Waals surface area contributed by atoms with Gasteiger partial charge in [-0.1, -0.05) is 48.0 Å². The van der Waals surface area contributed by atoms with Gasteiger partial charge in [0.2, 0.25) is 5.91 Å².